The summed E-state index contributed by atoms with van der Waals surface area (Å²) in [6.07, 6.45) is 0. The third kappa shape index (κ3) is 2.82. The number of aromatic nitrogens is 2. The Hall–Kier alpha value is -3.43. The van der Waals surface area contributed by atoms with Gasteiger partial charge in [-0.1, -0.05) is 6.07 Å². The fraction of sp³-hybridized carbons (Fsp3) is 0.250. The molecule has 29 heavy (non-hydrogen) atoms. The number of ketones is 1. The topological polar surface area (TPSA) is 108 Å². The van der Waals surface area contributed by atoms with Gasteiger partial charge < -0.3 is 4.74 Å². The first-order valence-electron chi connectivity index (χ1n) is 9.22. The maximum Gasteiger partial charge on any atom is 0.270 e. The lowest BCUT2D eigenvalue weighted by Crippen LogP contribution is -2.35. The van der Waals surface area contributed by atoms with Crippen molar-refractivity contribution >= 4 is 22.4 Å². The molecule has 2 aromatic carbocycles. The van der Waals surface area contributed by atoms with Gasteiger partial charge in [-0.2, -0.15) is 0 Å². The highest BCUT2D eigenvalue weighted by molar-refractivity contribution is 6.13. The number of nitro groups is 1. The summed E-state index contributed by atoms with van der Waals surface area (Å²) in [5.41, 5.74) is 1.31. The molecule has 0 saturated carbocycles. The summed E-state index contributed by atoms with van der Waals surface area (Å²) in [6.45, 7) is 3.75. The van der Waals surface area contributed by atoms with E-state index in [1.54, 1.807) is 12.1 Å². The first kappa shape index (κ1) is 17.7. The van der Waals surface area contributed by atoms with Gasteiger partial charge in [-0.25, -0.2) is 4.98 Å². The number of benzene rings is 2. The van der Waals surface area contributed by atoms with Gasteiger partial charge in [-0.15, -0.1) is 0 Å². The van der Waals surface area contributed by atoms with Gasteiger partial charge in [-0.3, -0.25) is 29.2 Å². The second-order valence-electron chi connectivity index (χ2n) is 7.10. The van der Waals surface area contributed by atoms with Crippen LogP contribution in [0, 0.1) is 10.1 Å². The number of hydrogen-bond donors (Lipinski definition) is 0. The molecule has 2 aliphatic heterocycles. The van der Waals surface area contributed by atoms with Crippen molar-refractivity contribution in [1.82, 2.24) is 14.5 Å². The number of non-ortho nitro benzene ring substituents is 1. The fourth-order valence-electron chi connectivity index (χ4n) is 3.86. The standard InChI is InChI=1S/C20H16N4O5/c25-18-15-10-13(24(27)28)2-4-17(15)23-19(18)21-16-3-1-12(9-14(16)20(23)26)11-22-5-7-29-8-6-22/h1-4,9-10H,5-8,11H2. The Morgan fingerprint density at radius 1 is 1.10 bits per heavy atom. The van der Waals surface area contributed by atoms with Crippen LogP contribution in [0.25, 0.3) is 16.6 Å². The lowest BCUT2D eigenvalue weighted by atomic mass is 10.1. The van der Waals surface area contributed by atoms with E-state index in [4.69, 9.17) is 4.74 Å². The van der Waals surface area contributed by atoms with Gasteiger partial charge in [0.1, 0.15) is 0 Å². The predicted octanol–water partition coefficient (Wildman–Crippen LogP) is 1.67. The van der Waals surface area contributed by atoms with Gasteiger partial charge >= 0.3 is 0 Å². The minimum absolute atomic E-state index is 0.0149. The molecular formula is C20H16N4O5. The second kappa shape index (κ2) is 6.57. The van der Waals surface area contributed by atoms with E-state index < -0.39 is 10.7 Å². The zero-order valence-corrected chi connectivity index (χ0v) is 15.3. The van der Waals surface area contributed by atoms with Crippen molar-refractivity contribution in [2.45, 2.75) is 6.54 Å². The largest absolute Gasteiger partial charge is 0.379 e. The molecule has 3 heterocycles. The van der Waals surface area contributed by atoms with Gasteiger partial charge in [-0.05, 0) is 23.8 Å². The van der Waals surface area contributed by atoms with Crippen molar-refractivity contribution in [3.8, 4) is 5.69 Å². The summed E-state index contributed by atoms with van der Waals surface area (Å²) in [4.78, 5) is 43.0. The van der Waals surface area contributed by atoms with Crippen molar-refractivity contribution in [3.05, 3.63) is 73.8 Å². The number of rotatable bonds is 3. The van der Waals surface area contributed by atoms with Gasteiger partial charge in [0.15, 0.2) is 5.82 Å². The molecule has 9 nitrogen and oxygen atoms in total. The molecule has 2 aliphatic rings. The Bertz CT molecular complexity index is 1240. The van der Waals surface area contributed by atoms with E-state index in [1.807, 2.05) is 6.07 Å². The van der Waals surface area contributed by atoms with Crippen molar-refractivity contribution in [2.24, 2.45) is 0 Å². The summed E-state index contributed by atoms with van der Waals surface area (Å²) in [5, 5.41) is 11.5. The average molecular weight is 392 g/mol. The molecule has 9 heteroatoms. The molecule has 146 valence electrons. The maximum absolute atomic E-state index is 13.2. The third-order valence-electron chi connectivity index (χ3n) is 5.32. The van der Waals surface area contributed by atoms with E-state index >= 15 is 0 Å². The summed E-state index contributed by atoms with van der Waals surface area (Å²) >= 11 is 0. The van der Waals surface area contributed by atoms with Crippen LogP contribution in [-0.2, 0) is 11.3 Å². The molecule has 0 amide bonds. The summed E-state index contributed by atoms with van der Waals surface area (Å²) in [7, 11) is 0. The van der Waals surface area contributed by atoms with Crippen molar-refractivity contribution in [2.75, 3.05) is 26.3 Å². The van der Waals surface area contributed by atoms with E-state index in [0.717, 1.165) is 18.7 Å². The maximum atomic E-state index is 13.2. The molecule has 0 atom stereocenters. The Kier molecular flexibility index (Phi) is 4.00. The first-order chi connectivity index (χ1) is 14.0. The average Bonchev–Trinajstić information content (AvgIpc) is 3.01. The summed E-state index contributed by atoms with van der Waals surface area (Å²) in [5.74, 6) is -0.501. The lowest BCUT2D eigenvalue weighted by molar-refractivity contribution is -0.384. The molecule has 0 bridgehead atoms. The second-order valence-corrected chi connectivity index (χ2v) is 7.10. The van der Waals surface area contributed by atoms with Gasteiger partial charge in [0.05, 0.1) is 40.3 Å². The van der Waals surface area contributed by atoms with E-state index in [0.29, 0.717) is 36.3 Å². The highest BCUT2D eigenvalue weighted by Crippen LogP contribution is 2.29. The molecule has 3 aromatic rings. The lowest BCUT2D eigenvalue weighted by Gasteiger charge is -2.26. The molecule has 1 fully saturated rings. The normalized spacial score (nSPS) is 16.1. The Morgan fingerprint density at radius 3 is 2.66 bits per heavy atom. The van der Waals surface area contributed by atoms with Crippen LogP contribution in [0.4, 0.5) is 5.69 Å². The van der Waals surface area contributed by atoms with Crippen molar-refractivity contribution in [1.29, 1.82) is 0 Å². The zero-order valence-electron chi connectivity index (χ0n) is 15.3. The number of carbonyl (C=O) groups excluding carboxylic acids is 1. The minimum atomic E-state index is -0.568. The van der Waals surface area contributed by atoms with Crippen LogP contribution in [0.15, 0.2) is 41.2 Å². The van der Waals surface area contributed by atoms with E-state index in [9.17, 15) is 19.7 Å². The summed E-state index contributed by atoms with van der Waals surface area (Å²) < 4.78 is 6.62. The number of morpholine rings is 1. The Labute approximate surface area is 164 Å². The number of carbonyl (C=O) groups is 1. The predicted molar refractivity (Wildman–Crippen MR) is 104 cm³/mol. The molecule has 0 N–H and O–H groups in total. The van der Waals surface area contributed by atoms with Crippen LogP contribution < -0.4 is 5.56 Å². The number of nitro benzene ring substituents is 1. The highest BCUT2D eigenvalue weighted by atomic mass is 16.6. The third-order valence-corrected chi connectivity index (χ3v) is 5.32. The number of nitrogens with zero attached hydrogens (tertiary/aromatic N) is 4. The van der Waals surface area contributed by atoms with Gasteiger partial charge in [0.25, 0.3) is 11.2 Å². The first-order valence-corrected chi connectivity index (χ1v) is 9.22. The molecule has 0 unspecified atom stereocenters. The van der Waals surface area contributed by atoms with E-state index in [1.165, 1.54) is 22.8 Å². The zero-order chi connectivity index (χ0) is 20.1. The van der Waals surface area contributed by atoms with Crippen LogP contribution in [0.3, 0.4) is 0 Å². The minimum Gasteiger partial charge on any atom is -0.379 e. The molecule has 1 saturated heterocycles. The van der Waals surface area contributed by atoms with Crippen LogP contribution in [0.5, 0.6) is 0 Å². The van der Waals surface area contributed by atoms with Crippen LogP contribution in [0.2, 0.25) is 0 Å². The fourth-order valence-corrected chi connectivity index (χ4v) is 3.86. The number of ether oxygens (including phenoxy) is 1. The van der Waals surface area contributed by atoms with E-state index in [-0.39, 0.29) is 22.6 Å². The number of hydrogen-bond acceptors (Lipinski definition) is 7. The van der Waals surface area contributed by atoms with Gasteiger partial charge in [0.2, 0.25) is 5.78 Å². The smallest absolute Gasteiger partial charge is 0.270 e. The van der Waals surface area contributed by atoms with Crippen molar-refractivity contribution in [3.63, 3.8) is 0 Å². The van der Waals surface area contributed by atoms with Crippen LogP contribution in [-0.4, -0.2) is 51.5 Å². The Morgan fingerprint density at radius 2 is 1.90 bits per heavy atom. The monoisotopic (exact) mass is 392 g/mol. The van der Waals surface area contributed by atoms with E-state index in [2.05, 4.69) is 9.88 Å². The number of fused-ring (bicyclic) bond motifs is 4. The van der Waals surface area contributed by atoms with Crippen LogP contribution in [0.1, 0.15) is 21.7 Å². The molecule has 0 aliphatic carbocycles. The van der Waals surface area contributed by atoms with Gasteiger partial charge in [0, 0.05) is 31.8 Å². The highest BCUT2D eigenvalue weighted by Gasteiger charge is 2.32. The SMILES string of the molecule is O=C1c2cc([N+](=O)[O-])ccc2-n2c1nc1ccc(CN3CCOCC3)cc1c2=O. The molecule has 0 radical (unpaired) electrons. The molecular weight excluding hydrogens is 376 g/mol. The quantitative estimate of drug-likeness (QED) is 0.385. The Balaban J connectivity index is 1.62. The molecule has 5 rings (SSSR count). The van der Waals surface area contributed by atoms with Crippen molar-refractivity contribution < 1.29 is 14.5 Å². The van der Waals surface area contributed by atoms with Crippen LogP contribution >= 0.6 is 0 Å². The molecule has 1 aromatic heterocycles. The molecule has 0 spiro atoms. The summed E-state index contributed by atoms with van der Waals surface area (Å²) in [6, 6.07) is 9.35.